The van der Waals surface area contributed by atoms with Crippen LogP contribution < -0.4 is 10.9 Å². The van der Waals surface area contributed by atoms with Crippen molar-refractivity contribution in [2.24, 2.45) is 10.2 Å². The molecule has 0 saturated carbocycles. The van der Waals surface area contributed by atoms with Crippen LogP contribution in [0.3, 0.4) is 0 Å². The van der Waals surface area contributed by atoms with E-state index >= 15 is 0 Å². The molecule has 0 saturated heterocycles. The molecule has 78 valence electrons. The van der Waals surface area contributed by atoms with E-state index in [9.17, 15) is 0 Å². The van der Waals surface area contributed by atoms with Gasteiger partial charge in [0, 0.05) is 0 Å². The van der Waals surface area contributed by atoms with Gasteiger partial charge in [-0.05, 0) is 12.5 Å². The molecule has 0 aromatic carbocycles. The number of nitrogens with one attached hydrogen (secondary N) is 2. The predicted octanol–water partition coefficient (Wildman–Crippen LogP) is 1.43. The fourth-order valence-corrected chi connectivity index (χ4v) is 0.731. The molecule has 0 aliphatic carbocycles. The van der Waals surface area contributed by atoms with Crippen LogP contribution in [0.5, 0.6) is 0 Å². The summed E-state index contributed by atoms with van der Waals surface area (Å²) in [6, 6.07) is 0. The molecule has 4 nitrogen and oxygen atoms in total. The summed E-state index contributed by atoms with van der Waals surface area (Å²) in [5.41, 5.74) is 5.28. The summed E-state index contributed by atoms with van der Waals surface area (Å²) in [6.07, 6.45) is 6.71. The molecule has 0 aliphatic heterocycles. The van der Waals surface area contributed by atoms with Crippen LogP contribution in [0.4, 0.5) is 0 Å². The van der Waals surface area contributed by atoms with Crippen molar-refractivity contribution in [1.29, 1.82) is 0 Å². The highest BCUT2D eigenvalue weighted by atomic mass is 32.2. The molecule has 8 heteroatoms. The number of hydrogen-bond donors (Lipinski definition) is 2. The zero-order valence-electron chi connectivity index (χ0n) is 7.68. The lowest BCUT2D eigenvalue weighted by atomic mass is 10.8. The lowest BCUT2D eigenvalue weighted by Gasteiger charge is -1.95. The first-order valence-electron chi connectivity index (χ1n) is 3.43. The smallest absolute Gasteiger partial charge is 0.153 e. The summed E-state index contributed by atoms with van der Waals surface area (Å²) < 4.78 is 1.23. The van der Waals surface area contributed by atoms with Crippen LogP contribution in [-0.4, -0.2) is 33.6 Å². The third-order valence-electron chi connectivity index (χ3n) is 0.898. The van der Waals surface area contributed by atoms with Crippen molar-refractivity contribution in [2.45, 2.75) is 0 Å². The largest absolute Gasteiger partial charge is 0.262 e. The van der Waals surface area contributed by atoms with Gasteiger partial charge in [-0.2, -0.15) is 10.2 Å². The van der Waals surface area contributed by atoms with Gasteiger partial charge in [0.15, 0.2) is 8.64 Å². The van der Waals surface area contributed by atoms with E-state index < -0.39 is 0 Å². The second kappa shape index (κ2) is 9.38. The Hall–Kier alpha value is -0.180. The quantitative estimate of drug-likeness (QED) is 0.458. The molecule has 0 fully saturated rings. The Labute approximate surface area is 102 Å². The number of hydrogen-bond acceptors (Lipinski definition) is 6. The molecule has 0 bridgehead atoms. The molecule has 0 atom stereocenters. The van der Waals surface area contributed by atoms with Crippen molar-refractivity contribution < 1.29 is 0 Å². The average Bonchev–Trinajstić information content (AvgIpc) is 2.22. The normalized spacial score (nSPS) is 10.7. The number of hydrazone groups is 2. The molecular formula is C6H10N4S4. The molecule has 14 heavy (non-hydrogen) atoms. The van der Waals surface area contributed by atoms with Gasteiger partial charge in [0.05, 0.1) is 12.4 Å². The van der Waals surface area contributed by atoms with Crippen molar-refractivity contribution in [2.75, 3.05) is 12.5 Å². The zero-order valence-corrected chi connectivity index (χ0v) is 10.9. The van der Waals surface area contributed by atoms with Crippen molar-refractivity contribution in [3.05, 3.63) is 0 Å². The van der Waals surface area contributed by atoms with E-state index in [4.69, 9.17) is 24.4 Å². The first kappa shape index (κ1) is 13.8. The molecular weight excluding hydrogens is 256 g/mol. The molecule has 2 N–H and O–H groups in total. The maximum absolute atomic E-state index is 4.85. The van der Waals surface area contributed by atoms with Crippen LogP contribution in [0.15, 0.2) is 10.2 Å². The highest BCUT2D eigenvalue weighted by Gasteiger charge is 1.86. The highest BCUT2D eigenvalue weighted by Crippen LogP contribution is 1.92. The van der Waals surface area contributed by atoms with E-state index in [-0.39, 0.29) is 0 Å². The molecule has 0 aliphatic rings. The summed E-state index contributed by atoms with van der Waals surface area (Å²) in [7, 11) is 0. The molecule has 0 unspecified atom stereocenters. The van der Waals surface area contributed by atoms with Crippen molar-refractivity contribution in [3.63, 3.8) is 0 Å². The number of thioether (sulfide) groups is 2. The van der Waals surface area contributed by atoms with Gasteiger partial charge >= 0.3 is 0 Å². The SMILES string of the molecule is CSC(=S)NN=CC=NNC(=S)SC. The van der Waals surface area contributed by atoms with Gasteiger partial charge in [0.2, 0.25) is 0 Å². The molecule has 0 amide bonds. The summed E-state index contributed by atoms with van der Waals surface area (Å²) in [5, 5.41) is 7.58. The van der Waals surface area contributed by atoms with Crippen molar-refractivity contribution in [3.8, 4) is 0 Å². The third-order valence-corrected chi connectivity index (χ3v) is 3.00. The Morgan fingerprint density at radius 2 is 1.36 bits per heavy atom. The van der Waals surface area contributed by atoms with Gasteiger partial charge < -0.3 is 0 Å². The maximum atomic E-state index is 4.85. The first-order valence-corrected chi connectivity index (χ1v) is 6.70. The lowest BCUT2D eigenvalue weighted by Crippen LogP contribution is -2.12. The van der Waals surface area contributed by atoms with Crippen LogP contribution in [0.25, 0.3) is 0 Å². The summed E-state index contributed by atoms with van der Waals surface area (Å²) >= 11 is 12.5. The van der Waals surface area contributed by atoms with Gasteiger partial charge in [0.1, 0.15) is 0 Å². The zero-order chi connectivity index (χ0) is 10.8. The molecule has 0 spiro atoms. The predicted molar refractivity (Wildman–Crippen MR) is 75.5 cm³/mol. The lowest BCUT2D eigenvalue weighted by molar-refractivity contribution is 1.07. The van der Waals surface area contributed by atoms with Gasteiger partial charge in [-0.15, -0.1) is 0 Å². The van der Waals surface area contributed by atoms with Gasteiger partial charge in [-0.25, -0.2) is 0 Å². The van der Waals surface area contributed by atoms with Crippen LogP contribution >= 0.6 is 48.0 Å². The summed E-state index contributed by atoms with van der Waals surface area (Å²) in [4.78, 5) is 0. The Bertz CT molecular complexity index is 224. The van der Waals surface area contributed by atoms with Crippen LogP contribution in [-0.2, 0) is 0 Å². The van der Waals surface area contributed by atoms with E-state index in [0.29, 0.717) is 8.64 Å². The van der Waals surface area contributed by atoms with E-state index in [1.807, 2.05) is 12.5 Å². The van der Waals surface area contributed by atoms with Crippen LogP contribution in [0.1, 0.15) is 0 Å². The van der Waals surface area contributed by atoms with Gasteiger partial charge in [-0.1, -0.05) is 48.0 Å². The van der Waals surface area contributed by atoms with Crippen LogP contribution in [0.2, 0.25) is 0 Å². The Morgan fingerprint density at radius 3 is 1.64 bits per heavy atom. The van der Waals surface area contributed by atoms with Crippen molar-refractivity contribution in [1.82, 2.24) is 10.9 Å². The molecule has 0 radical (unpaired) electrons. The first-order chi connectivity index (χ1) is 6.70. The standard InChI is InChI=1S/C6H10N4S4/c1-13-5(11)9-7-3-4-8-10-6(12)14-2/h3-4H,1-2H3,(H,9,11)(H,10,12). The minimum Gasteiger partial charge on any atom is -0.262 e. The Balaban J connectivity index is 3.60. The topological polar surface area (TPSA) is 48.8 Å². The van der Waals surface area contributed by atoms with E-state index in [1.54, 1.807) is 0 Å². The van der Waals surface area contributed by atoms with E-state index in [0.717, 1.165) is 0 Å². The van der Waals surface area contributed by atoms with Crippen LogP contribution in [0, 0.1) is 0 Å². The summed E-state index contributed by atoms with van der Waals surface area (Å²) in [5.74, 6) is 0. The average molecular weight is 266 g/mol. The third kappa shape index (κ3) is 8.42. The van der Waals surface area contributed by atoms with E-state index in [2.05, 4.69) is 21.1 Å². The highest BCUT2D eigenvalue weighted by molar-refractivity contribution is 8.22. The number of nitrogens with zero attached hydrogens (tertiary/aromatic N) is 2. The molecule has 0 rings (SSSR count). The second-order valence-electron chi connectivity index (χ2n) is 1.76. The maximum Gasteiger partial charge on any atom is 0.153 e. The monoisotopic (exact) mass is 266 g/mol. The fraction of sp³-hybridized carbons (Fsp3) is 0.333. The fourth-order valence-electron chi connectivity index (χ4n) is 0.338. The minimum absolute atomic E-state index is 0.613. The van der Waals surface area contributed by atoms with E-state index in [1.165, 1.54) is 36.0 Å². The summed E-state index contributed by atoms with van der Waals surface area (Å²) in [6.45, 7) is 0. The minimum atomic E-state index is 0.613. The Kier molecular flexibility index (Phi) is 9.26. The van der Waals surface area contributed by atoms with Gasteiger partial charge in [0.25, 0.3) is 0 Å². The number of rotatable bonds is 3. The molecule has 0 aromatic heterocycles. The second-order valence-corrected chi connectivity index (χ2v) is 4.73. The molecule has 0 heterocycles. The van der Waals surface area contributed by atoms with Gasteiger partial charge in [-0.3, -0.25) is 10.9 Å². The number of thiocarbonyl (C=S) groups is 2. The Morgan fingerprint density at radius 1 is 1.00 bits per heavy atom. The van der Waals surface area contributed by atoms with Crippen molar-refractivity contribution >= 4 is 69.0 Å². The molecule has 0 aromatic rings.